The number of carbonyl (C=O) groups excluding carboxylic acids is 1. The number of carboxylic acid groups (broad SMARTS) is 1. The predicted octanol–water partition coefficient (Wildman–Crippen LogP) is 4.94. The molecule has 0 aliphatic carbocycles. The van der Waals surface area contributed by atoms with E-state index in [0.717, 1.165) is 21.3 Å². The van der Waals surface area contributed by atoms with Gasteiger partial charge < -0.3 is 19.9 Å². The van der Waals surface area contributed by atoms with Gasteiger partial charge in [-0.15, -0.1) is 11.3 Å². The van der Waals surface area contributed by atoms with Gasteiger partial charge in [0.25, 0.3) is 0 Å². The monoisotopic (exact) mass is 499 g/mol. The molecular weight excluding hydrogens is 481 g/mol. The number of fused-ring (bicyclic) bond motifs is 1. The number of carbonyl (C=O) groups is 2. The highest BCUT2D eigenvalue weighted by Crippen LogP contribution is 2.38. The Bertz CT molecular complexity index is 1380. The molecule has 0 aliphatic heterocycles. The summed E-state index contributed by atoms with van der Waals surface area (Å²) in [6.45, 7) is 0. The number of nitrogens with one attached hydrogen (secondary N) is 1. The van der Waals surface area contributed by atoms with E-state index < -0.39 is 11.9 Å². The minimum absolute atomic E-state index is 0.0295. The van der Waals surface area contributed by atoms with Crippen LogP contribution in [0, 0.1) is 5.82 Å². The average molecular weight is 500 g/mol. The van der Waals surface area contributed by atoms with E-state index >= 15 is 0 Å². The van der Waals surface area contributed by atoms with Gasteiger partial charge in [-0.2, -0.15) is 0 Å². The van der Waals surface area contributed by atoms with Crippen molar-refractivity contribution in [3.05, 3.63) is 59.5 Å². The summed E-state index contributed by atoms with van der Waals surface area (Å²) in [6, 6.07) is 8.81. The Morgan fingerprint density at radius 3 is 2.50 bits per heavy atom. The van der Waals surface area contributed by atoms with Crippen LogP contribution in [0.1, 0.15) is 10.4 Å². The highest BCUT2D eigenvalue weighted by atomic mass is 32.2. The molecule has 0 atom stereocenters. The van der Waals surface area contributed by atoms with Crippen molar-refractivity contribution in [2.24, 2.45) is 0 Å². The molecule has 0 aliphatic rings. The number of hydrogen-bond donors (Lipinski definition) is 2. The number of anilines is 1. The van der Waals surface area contributed by atoms with Crippen LogP contribution in [0.2, 0.25) is 0 Å². The minimum Gasteiger partial charge on any atom is -0.493 e. The predicted molar refractivity (Wildman–Crippen MR) is 129 cm³/mol. The Hall–Kier alpha value is -3.70. The van der Waals surface area contributed by atoms with Crippen LogP contribution in [0.4, 0.5) is 10.1 Å². The number of carboxylic acids is 1. The van der Waals surface area contributed by atoms with Gasteiger partial charge in [0.1, 0.15) is 22.0 Å². The second kappa shape index (κ2) is 10.1. The molecule has 0 bridgehead atoms. The number of thiophene rings is 1. The molecule has 2 aromatic heterocycles. The third kappa shape index (κ3) is 4.80. The van der Waals surface area contributed by atoms with Crippen LogP contribution in [0.5, 0.6) is 11.5 Å². The normalized spacial score (nSPS) is 10.8. The number of methoxy groups -OCH3 is 2. The lowest BCUT2D eigenvalue weighted by atomic mass is 10.1. The maximum absolute atomic E-state index is 13.4. The lowest BCUT2D eigenvalue weighted by molar-refractivity contribution is -0.113. The largest absolute Gasteiger partial charge is 0.493 e. The quantitative estimate of drug-likeness (QED) is 0.259. The fourth-order valence-electron chi connectivity index (χ4n) is 3.28. The number of thioether (sulfide) groups is 1. The van der Waals surface area contributed by atoms with Crippen molar-refractivity contribution in [1.29, 1.82) is 0 Å². The summed E-state index contributed by atoms with van der Waals surface area (Å²) in [6.07, 6.45) is 1.42. The SMILES string of the molecule is COc1cc(NC(=O)CSc2ncnc3scc(-c4ccc(F)cc4)c23)c(C(=O)O)cc1OC. The molecule has 11 heteroatoms. The maximum Gasteiger partial charge on any atom is 0.337 e. The lowest BCUT2D eigenvalue weighted by Gasteiger charge is -2.13. The standard InChI is InChI=1S/C23H18FN3O5S2/c1-31-17-7-14(23(29)30)16(8-18(17)32-2)27-19(28)10-34-22-20-15(9-33-21(20)25-11-26-22)12-3-5-13(24)6-4-12/h3-9,11H,10H2,1-2H3,(H,27,28)(H,29,30). The number of halogens is 1. The topological polar surface area (TPSA) is 111 Å². The minimum atomic E-state index is -1.22. The highest BCUT2D eigenvalue weighted by Gasteiger charge is 2.19. The molecule has 2 aromatic carbocycles. The zero-order chi connectivity index (χ0) is 24.2. The van der Waals surface area contributed by atoms with Crippen LogP contribution in [0.15, 0.2) is 53.1 Å². The van der Waals surface area contributed by atoms with E-state index in [-0.39, 0.29) is 34.3 Å². The van der Waals surface area contributed by atoms with E-state index in [9.17, 15) is 19.1 Å². The van der Waals surface area contributed by atoms with Gasteiger partial charge in [0.05, 0.1) is 36.6 Å². The van der Waals surface area contributed by atoms with Gasteiger partial charge in [0.15, 0.2) is 11.5 Å². The maximum atomic E-state index is 13.4. The third-order valence-corrected chi connectivity index (χ3v) is 6.73. The lowest BCUT2D eigenvalue weighted by Crippen LogP contribution is -2.17. The van der Waals surface area contributed by atoms with Crippen LogP contribution in [-0.4, -0.2) is 46.9 Å². The molecule has 0 saturated carbocycles. The molecular formula is C23H18FN3O5S2. The van der Waals surface area contributed by atoms with Gasteiger partial charge >= 0.3 is 5.97 Å². The summed E-state index contributed by atoms with van der Waals surface area (Å²) in [5, 5.41) is 15.4. The van der Waals surface area contributed by atoms with Gasteiger partial charge in [-0.3, -0.25) is 4.79 Å². The zero-order valence-corrected chi connectivity index (χ0v) is 19.6. The van der Waals surface area contributed by atoms with Crippen molar-refractivity contribution < 1.29 is 28.6 Å². The summed E-state index contributed by atoms with van der Waals surface area (Å²) < 4.78 is 23.7. The summed E-state index contributed by atoms with van der Waals surface area (Å²) >= 11 is 2.62. The van der Waals surface area contributed by atoms with Crippen molar-refractivity contribution in [1.82, 2.24) is 9.97 Å². The average Bonchev–Trinajstić information content (AvgIpc) is 3.27. The second-order valence-electron chi connectivity index (χ2n) is 6.91. The molecule has 0 fully saturated rings. The molecule has 4 aromatic rings. The van der Waals surface area contributed by atoms with Gasteiger partial charge in [0.2, 0.25) is 5.91 Å². The molecule has 2 N–H and O–H groups in total. The first-order chi connectivity index (χ1) is 16.4. The molecule has 4 rings (SSSR count). The van der Waals surface area contributed by atoms with Crippen molar-refractivity contribution in [3.63, 3.8) is 0 Å². The number of amides is 1. The van der Waals surface area contributed by atoms with Crippen LogP contribution >= 0.6 is 23.1 Å². The van der Waals surface area contributed by atoms with E-state index in [1.807, 2.05) is 5.38 Å². The first-order valence-electron chi connectivity index (χ1n) is 9.81. The van der Waals surface area contributed by atoms with E-state index in [1.165, 1.54) is 67.9 Å². The number of aromatic nitrogens is 2. The highest BCUT2D eigenvalue weighted by molar-refractivity contribution is 8.00. The molecule has 8 nitrogen and oxygen atoms in total. The van der Waals surface area contributed by atoms with E-state index in [4.69, 9.17) is 9.47 Å². The molecule has 0 saturated heterocycles. The molecule has 0 radical (unpaired) electrons. The number of aromatic carboxylic acids is 1. The number of rotatable bonds is 8. The summed E-state index contributed by atoms with van der Waals surface area (Å²) in [7, 11) is 2.81. The molecule has 0 unspecified atom stereocenters. The Balaban J connectivity index is 1.57. The third-order valence-electron chi connectivity index (χ3n) is 4.86. The van der Waals surface area contributed by atoms with Crippen LogP contribution in [-0.2, 0) is 4.79 Å². The first-order valence-corrected chi connectivity index (χ1v) is 11.7. The molecule has 34 heavy (non-hydrogen) atoms. The van der Waals surface area contributed by atoms with Crippen molar-refractivity contribution in [3.8, 4) is 22.6 Å². The Kier molecular flexibility index (Phi) is 6.94. The smallest absolute Gasteiger partial charge is 0.337 e. The fourth-order valence-corrected chi connectivity index (χ4v) is 5.07. The van der Waals surface area contributed by atoms with Gasteiger partial charge in [-0.25, -0.2) is 19.2 Å². The summed E-state index contributed by atoms with van der Waals surface area (Å²) in [5.74, 6) is -1.48. The summed E-state index contributed by atoms with van der Waals surface area (Å²) in [4.78, 5) is 33.7. The van der Waals surface area contributed by atoms with Crippen LogP contribution in [0.3, 0.4) is 0 Å². The van der Waals surface area contributed by atoms with Gasteiger partial charge in [0, 0.05) is 23.1 Å². The number of benzene rings is 2. The van der Waals surface area contributed by atoms with E-state index in [0.29, 0.717) is 5.03 Å². The van der Waals surface area contributed by atoms with Crippen molar-refractivity contribution in [2.75, 3.05) is 25.3 Å². The fraction of sp³-hybridized carbons (Fsp3) is 0.130. The Morgan fingerprint density at radius 1 is 1.12 bits per heavy atom. The first kappa shape index (κ1) is 23.5. The second-order valence-corrected chi connectivity index (χ2v) is 8.73. The molecule has 0 spiro atoms. The van der Waals surface area contributed by atoms with Crippen molar-refractivity contribution in [2.45, 2.75) is 5.03 Å². The Morgan fingerprint density at radius 2 is 1.82 bits per heavy atom. The molecule has 2 heterocycles. The van der Waals surface area contributed by atoms with Gasteiger partial charge in [-0.1, -0.05) is 23.9 Å². The Labute approximate surface area is 201 Å². The number of nitrogens with zero attached hydrogens (tertiary/aromatic N) is 2. The number of hydrogen-bond acceptors (Lipinski definition) is 8. The van der Waals surface area contributed by atoms with Crippen molar-refractivity contribution >= 4 is 50.9 Å². The van der Waals surface area contributed by atoms with E-state index in [2.05, 4.69) is 15.3 Å². The van der Waals surface area contributed by atoms with E-state index in [1.54, 1.807) is 12.1 Å². The van der Waals surface area contributed by atoms with Crippen LogP contribution in [0.25, 0.3) is 21.3 Å². The molecule has 174 valence electrons. The zero-order valence-electron chi connectivity index (χ0n) is 18.0. The number of ether oxygens (including phenoxy) is 2. The molecule has 1 amide bonds. The van der Waals surface area contributed by atoms with Crippen LogP contribution < -0.4 is 14.8 Å². The van der Waals surface area contributed by atoms with Gasteiger partial charge in [-0.05, 0) is 17.7 Å². The summed E-state index contributed by atoms with van der Waals surface area (Å²) in [5.41, 5.74) is 1.62.